The van der Waals surface area contributed by atoms with Gasteiger partial charge in [0, 0.05) is 25.9 Å². The highest BCUT2D eigenvalue weighted by molar-refractivity contribution is 7.80. The van der Waals surface area contributed by atoms with Crippen molar-refractivity contribution in [1.29, 1.82) is 0 Å². The van der Waals surface area contributed by atoms with E-state index in [0.717, 1.165) is 24.2 Å². The maximum absolute atomic E-state index is 11.6. The first kappa shape index (κ1) is 16.4. The summed E-state index contributed by atoms with van der Waals surface area (Å²) in [6, 6.07) is 5.38. The molecule has 1 rings (SSSR count). The van der Waals surface area contributed by atoms with Gasteiger partial charge >= 0.3 is 5.97 Å². The molecule has 0 aromatic heterocycles. The molecule has 2 N–H and O–H groups in total. The van der Waals surface area contributed by atoms with E-state index >= 15 is 0 Å². The van der Waals surface area contributed by atoms with E-state index in [4.69, 9.17) is 21.7 Å². The van der Waals surface area contributed by atoms with Gasteiger partial charge in [0.2, 0.25) is 0 Å². The summed E-state index contributed by atoms with van der Waals surface area (Å²) in [4.78, 5) is 11.6. The van der Waals surface area contributed by atoms with Crippen molar-refractivity contribution in [2.45, 2.75) is 13.3 Å². The molecule has 0 saturated carbocycles. The largest absolute Gasteiger partial charge is 0.465 e. The van der Waals surface area contributed by atoms with Gasteiger partial charge in [0.25, 0.3) is 0 Å². The van der Waals surface area contributed by atoms with E-state index in [2.05, 4.69) is 10.6 Å². The lowest BCUT2D eigenvalue weighted by atomic mass is 10.1. The number of rotatable bonds is 6. The zero-order valence-corrected chi connectivity index (χ0v) is 12.8. The second-order valence-electron chi connectivity index (χ2n) is 4.20. The van der Waals surface area contributed by atoms with Crippen LogP contribution >= 0.6 is 12.2 Å². The SMILES string of the molecule is COCCCNC(=S)Nc1cccc(C(=O)OC)c1C. The van der Waals surface area contributed by atoms with Gasteiger partial charge in [-0.2, -0.15) is 0 Å². The summed E-state index contributed by atoms with van der Waals surface area (Å²) >= 11 is 5.20. The molecule has 0 heterocycles. The fourth-order valence-corrected chi connectivity index (χ4v) is 1.90. The number of anilines is 1. The van der Waals surface area contributed by atoms with Gasteiger partial charge in [0.15, 0.2) is 5.11 Å². The Morgan fingerprint density at radius 1 is 1.35 bits per heavy atom. The number of hydrogen-bond acceptors (Lipinski definition) is 4. The lowest BCUT2D eigenvalue weighted by Crippen LogP contribution is -2.30. The normalized spacial score (nSPS) is 9.95. The Labute approximate surface area is 124 Å². The summed E-state index contributed by atoms with van der Waals surface area (Å²) < 4.78 is 9.70. The first-order valence-corrected chi connectivity index (χ1v) is 6.72. The Bertz CT molecular complexity index is 477. The number of hydrogen-bond donors (Lipinski definition) is 2. The molecule has 0 aliphatic heterocycles. The van der Waals surface area contributed by atoms with Crippen LogP contribution in [-0.2, 0) is 9.47 Å². The number of benzene rings is 1. The van der Waals surface area contributed by atoms with E-state index in [1.807, 2.05) is 13.0 Å². The molecule has 1 aromatic rings. The Morgan fingerprint density at radius 3 is 2.75 bits per heavy atom. The van der Waals surface area contributed by atoms with Crippen molar-refractivity contribution < 1.29 is 14.3 Å². The minimum atomic E-state index is -0.356. The maximum atomic E-state index is 11.6. The fourth-order valence-electron chi connectivity index (χ4n) is 1.69. The van der Waals surface area contributed by atoms with E-state index < -0.39 is 0 Å². The number of carbonyl (C=O) groups excluding carboxylic acids is 1. The van der Waals surface area contributed by atoms with Gasteiger partial charge in [0.05, 0.1) is 12.7 Å². The standard InChI is InChI=1S/C14H20N2O3S/c1-10-11(13(17)19-3)6-4-7-12(10)16-14(20)15-8-5-9-18-2/h4,6-7H,5,8-9H2,1-3H3,(H2,15,16,20). The van der Waals surface area contributed by atoms with Crippen LogP contribution in [-0.4, -0.2) is 38.5 Å². The van der Waals surface area contributed by atoms with E-state index in [1.165, 1.54) is 7.11 Å². The fraction of sp³-hybridized carbons (Fsp3) is 0.429. The predicted octanol–water partition coefficient (Wildman–Crippen LogP) is 2.10. The number of ether oxygens (including phenoxy) is 2. The van der Waals surface area contributed by atoms with Crippen molar-refractivity contribution in [2.24, 2.45) is 0 Å². The highest BCUT2D eigenvalue weighted by Crippen LogP contribution is 2.19. The molecule has 0 aliphatic rings. The number of methoxy groups -OCH3 is 2. The maximum Gasteiger partial charge on any atom is 0.338 e. The Kier molecular flexibility index (Phi) is 6.97. The van der Waals surface area contributed by atoms with Crippen LogP contribution in [0.15, 0.2) is 18.2 Å². The molecule has 0 bridgehead atoms. The monoisotopic (exact) mass is 296 g/mol. The predicted molar refractivity (Wildman–Crippen MR) is 83.2 cm³/mol. The average Bonchev–Trinajstić information content (AvgIpc) is 2.45. The molecule has 0 radical (unpaired) electrons. The Hall–Kier alpha value is -1.66. The van der Waals surface area contributed by atoms with E-state index in [0.29, 0.717) is 17.3 Å². The number of carbonyl (C=O) groups is 1. The van der Waals surface area contributed by atoms with Crippen molar-refractivity contribution in [3.63, 3.8) is 0 Å². The number of esters is 1. The van der Waals surface area contributed by atoms with Crippen LogP contribution in [0.5, 0.6) is 0 Å². The minimum absolute atomic E-state index is 0.356. The summed E-state index contributed by atoms with van der Waals surface area (Å²) in [5.41, 5.74) is 2.12. The van der Waals surface area contributed by atoms with Gasteiger partial charge in [-0.25, -0.2) is 4.79 Å². The molecule has 0 unspecified atom stereocenters. The van der Waals surface area contributed by atoms with Gasteiger partial charge in [-0.05, 0) is 43.3 Å². The molecular formula is C14H20N2O3S. The first-order valence-electron chi connectivity index (χ1n) is 6.32. The number of nitrogens with one attached hydrogen (secondary N) is 2. The van der Waals surface area contributed by atoms with Crippen molar-refractivity contribution >= 4 is 29.0 Å². The molecule has 0 atom stereocenters. The van der Waals surface area contributed by atoms with Gasteiger partial charge < -0.3 is 20.1 Å². The van der Waals surface area contributed by atoms with Crippen LogP contribution in [0.2, 0.25) is 0 Å². The molecule has 0 aliphatic carbocycles. The van der Waals surface area contributed by atoms with E-state index in [9.17, 15) is 4.79 Å². The van der Waals surface area contributed by atoms with Crippen molar-refractivity contribution in [3.8, 4) is 0 Å². The van der Waals surface area contributed by atoms with Crippen LogP contribution < -0.4 is 10.6 Å². The van der Waals surface area contributed by atoms with Crippen LogP contribution in [0.3, 0.4) is 0 Å². The molecule has 6 heteroatoms. The lowest BCUT2D eigenvalue weighted by molar-refractivity contribution is 0.0600. The average molecular weight is 296 g/mol. The molecule has 0 saturated heterocycles. The second-order valence-corrected chi connectivity index (χ2v) is 4.61. The Balaban J connectivity index is 2.64. The van der Waals surface area contributed by atoms with E-state index in [-0.39, 0.29) is 5.97 Å². The highest BCUT2D eigenvalue weighted by atomic mass is 32.1. The third-order valence-corrected chi connectivity index (χ3v) is 3.04. The number of thiocarbonyl (C=S) groups is 1. The van der Waals surface area contributed by atoms with Crippen LogP contribution in [0, 0.1) is 6.92 Å². The van der Waals surface area contributed by atoms with Gasteiger partial charge in [-0.1, -0.05) is 6.07 Å². The summed E-state index contributed by atoms with van der Waals surface area (Å²) in [7, 11) is 3.03. The minimum Gasteiger partial charge on any atom is -0.465 e. The zero-order valence-electron chi connectivity index (χ0n) is 12.0. The summed E-state index contributed by atoms with van der Waals surface area (Å²) in [5.74, 6) is -0.356. The molecule has 5 nitrogen and oxygen atoms in total. The van der Waals surface area contributed by atoms with Crippen molar-refractivity contribution in [3.05, 3.63) is 29.3 Å². The van der Waals surface area contributed by atoms with Gasteiger partial charge in [-0.15, -0.1) is 0 Å². The topological polar surface area (TPSA) is 59.6 Å². The molecule has 20 heavy (non-hydrogen) atoms. The Morgan fingerprint density at radius 2 is 2.10 bits per heavy atom. The quantitative estimate of drug-likeness (QED) is 0.476. The third-order valence-electron chi connectivity index (χ3n) is 2.80. The summed E-state index contributed by atoms with van der Waals surface area (Å²) in [6.07, 6.45) is 0.875. The van der Waals surface area contributed by atoms with Crippen molar-refractivity contribution in [1.82, 2.24) is 5.32 Å². The molecule has 0 spiro atoms. The highest BCUT2D eigenvalue weighted by Gasteiger charge is 2.12. The van der Waals surface area contributed by atoms with Crippen molar-refractivity contribution in [2.75, 3.05) is 32.7 Å². The molecular weight excluding hydrogens is 276 g/mol. The molecule has 0 amide bonds. The summed E-state index contributed by atoms with van der Waals surface area (Å²) in [5, 5.41) is 6.68. The van der Waals surface area contributed by atoms with Gasteiger partial charge in [0.1, 0.15) is 0 Å². The molecule has 0 fully saturated rings. The third kappa shape index (κ3) is 4.79. The molecule has 1 aromatic carbocycles. The van der Waals surface area contributed by atoms with Crippen LogP contribution in [0.4, 0.5) is 5.69 Å². The molecule has 110 valence electrons. The van der Waals surface area contributed by atoms with Crippen LogP contribution in [0.1, 0.15) is 22.3 Å². The van der Waals surface area contributed by atoms with Crippen LogP contribution in [0.25, 0.3) is 0 Å². The second kappa shape index (κ2) is 8.50. The summed E-state index contributed by atoms with van der Waals surface area (Å²) in [6.45, 7) is 3.27. The van der Waals surface area contributed by atoms with Gasteiger partial charge in [-0.3, -0.25) is 0 Å². The van der Waals surface area contributed by atoms with E-state index in [1.54, 1.807) is 19.2 Å². The lowest BCUT2D eigenvalue weighted by Gasteiger charge is -2.14. The zero-order chi connectivity index (χ0) is 15.0. The smallest absolute Gasteiger partial charge is 0.338 e. The first-order chi connectivity index (χ1) is 9.60.